The highest BCUT2D eigenvalue weighted by atomic mass is 16.5. The van der Waals surface area contributed by atoms with Gasteiger partial charge in [0.15, 0.2) is 0 Å². The molecule has 0 aliphatic carbocycles. The summed E-state index contributed by atoms with van der Waals surface area (Å²) in [6.07, 6.45) is 0.166. The van der Waals surface area contributed by atoms with Crippen LogP contribution in [0.5, 0.6) is 5.75 Å². The van der Waals surface area contributed by atoms with E-state index in [9.17, 15) is 9.90 Å². The third-order valence-electron chi connectivity index (χ3n) is 1.93. The lowest BCUT2D eigenvalue weighted by atomic mass is 10.1. The minimum Gasteiger partial charge on any atom is -0.508 e. The third kappa shape index (κ3) is 3.89. The summed E-state index contributed by atoms with van der Waals surface area (Å²) in [6.45, 7) is 2.57. The van der Waals surface area contributed by atoms with Crippen molar-refractivity contribution in [3.8, 4) is 5.75 Å². The number of aromatic hydroxyl groups is 1. The fourth-order valence-corrected chi connectivity index (χ4v) is 1.20. The number of nitrogens with one attached hydrogen (secondary N) is 1. The van der Waals surface area contributed by atoms with Crippen molar-refractivity contribution >= 4 is 6.09 Å². The van der Waals surface area contributed by atoms with Crippen molar-refractivity contribution in [2.24, 2.45) is 0 Å². The number of amides is 1. The summed E-state index contributed by atoms with van der Waals surface area (Å²) in [5.41, 5.74) is 0.814. The quantitative estimate of drug-likeness (QED) is 0.793. The van der Waals surface area contributed by atoms with Crippen LogP contribution in [-0.2, 0) is 11.2 Å². The fourth-order valence-electron chi connectivity index (χ4n) is 1.20. The van der Waals surface area contributed by atoms with Gasteiger partial charge in [0.05, 0.1) is 6.61 Å². The first-order valence-electron chi connectivity index (χ1n) is 4.91. The van der Waals surface area contributed by atoms with Gasteiger partial charge in [-0.3, -0.25) is 0 Å². The molecule has 0 unspecified atom stereocenters. The number of carbonyl (C=O) groups is 1. The van der Waals surface area contributed by atoms with Crippen LogP contribution in [0.2, 0.25) is 0 Å². The van der Waals surface area contributed by atoms with Gasteiger partial charge < -0.3 is 15.2 Å². The van der Waals surface area contributed by atoms with Gasteiger partial charge in [-0.2, -0.15) is 0 Å². The Morgan fingerprint density at radius 3 is 2.87 bits per heavy atom. The number of hydrogen-bond donors (Lipinski definition) is 2. The van der Waals surface area contributed by atoms with Crippen LogP contribution in [0.3, 0.4) is 0 Å². The first kappa shape index (κ1) is 11.4. The monoisotopic (exact) mass is 209 g/mol. The van der Waals surface area contributed by atoms with Gasteiger partial charge in [0.1, 0.15) is 5.75 Å². The molecule has 0 fully saturated rings. The van der Waals surface area contributed by atoms with Crippen molar-refractivity contribution in [2.75, 3.05) is 13.2 Å². The van der Waals surface area contributed by atoms with Crippen LogP contribution in [-0.4, -0.2) is 24.4 Å². The SMILES string of the molecule is CCOC(=O)NCCc1ccccc1O. The first-order valence-corrected chi connectivity index (χ1v) is 4.91. The van der Waals surface area contributed by atoms with Crippen LogP contribution in [0.15, 0.2) is 24.3 Å². The molecule has 1 rings (SSSR count). The van der Waals surface area contributed by atoms with Crippen LogP contribution in [0.4, 0.5) is 4.79 Å². The molecule has 1 amide bonds. The van der Waals surface area contributed by atoms with Gasteiger partial charge in [0, 0.05) is 6.54 Å². The zero-order valence-electron chi connectivity index (χ0n) is 8.69. The number of carbonyl (C=O) groups excluding carboxylic acids is 1. The second-order valence-electron chi connectivity index (χ2n) is 3.03. The lowest BCUT2D eigenvalue weighted by Crippen LogP contribution is -2.26. The molecule has 0 saturated carbocycles. The van der Waals surface area contributed by atoms with Gasteiger partial charge in [-0.05, 0) is 25.0 Å². The largest absolute Gasteiger partial charge is 0.508 e. The van der Waals surface area contributed by atoms with E-state index in [0.29, 0.717) is 19.6 Å². The van der Waals surface area contributed by atoms with E-state index in [1.165, 1.54) is 0 Å². The predicted octanol–water partition coefficient (Wildman–Crippen LogP) is 1.68. The molecule has 0 spiro atoms. The third-order valence-corrected chi connectivity index (χ3v) is 1.93. The van der Waals surface area contributed by atoms with E-state index in [2.05, 4.69) is 5.32 Å². The number of alkyl carbamates (subject to hydrolysis) is 1. The summed E-state index contributed by atoms with van der Waals surface area (Å²) < 4.78 is 4.70. The molecule has 4 heteroatoms. The molecule has 0 bridgehead atoms. The molecule has 15 heavy (non-hydrogen) atoms. The zero-order valence-corrected chi connectivity index (χ0v) is 8.69. The second kappa shape index (κ2) is 5.90. The summed E-state index contributed by atoms with van der Waals surface area (Å²) in [7, 11) is 0. The summed E-state index contributed by atoms with van der Waals surface area (Å²) in [6, 6.07) is 7.05. The van der Waals surface area contributed by atoms with Crippen LogP contribution in [0.1, 0.15) is 12.5 Å². The van der Waals surface area contributed by atoms with Gasteiger partial charge in [0.25, 0.3) is 0 Å². The minimum absolute atomic E-state index is 0.253. The Bertz CT molecular complexity index is 325. The van der Waals surface area contributed by atoms with E-state index in [-0.39, 0.29) is 5.75 Å². The number of ether oxygens (including phenoxy) is 1. The topological polar surface area (TPSA) is 58.6 Å². The van der Waals surface area contributed by atoms with Crippen molar-refractivity contribution in [2.45, 2.75) is 13.3 Å². The van der Waals surface area contributed by atoms with E-state index in [1.807, 2.05) is 12.1 Å². The van der Waals surface area contributed by atoms with Crippen LogP contribution < -0.4 is 5.32 Å². The summed E-state index contributed by atoms with van der Waals surface area (Å²) in [5, 5.41) is 12.0. The maximum absolute atomic E-state index is 10.9. The van der Waals surface area contributed by atoms with Crippen molar-refractivity contribution in [1.29, 1.82) is 0 Å². The van der Waals surface area contributed by atoms with Gasteiger partial charge in [0.2, 0.25) is 0 Å². The predicted molar refractivity (Wildman–Crippen MR) is 56.8 cm³/mol. The summed E-state index contributed by atoms with van der Waals surface area (Å²) >= 11 is 0. The average Bonchev–Trinajstić information content (AvgIpc) is 2.21. The van der Waals surface area contributed by atoms with Crippen LogP contribution >= 0.6 is 0 Å². The molecule has 2 N–H and O–H groups in total. The van der Waals surface area contributed by atoms with E-state index >= 15 is 0 Å². The number of phenols is 1. The summed E-state index contributed by atoms with van der Waals surface area (Å²) in [5.74, 6) is 0.253. The molecule has 0 saturated heterocycles. The van der Waals surface area contributed by atoms with E-state index in [1.54, 1.807) is 19.1 Å². The van der Waals surface area contributed by atoms with E-state index < -0.39 is 6.09 Å². The number of benzene rings is 1. The van der Waals surface area contributed by atoms with E-state index in [4.69, 9.17) is 4.74 Å². The van der Waals surface area contributed by atoms with Crippen molar-refractivity contribution in [3.63, 3.8) is 0 Å². The van der Waals surface area contributed by atoms with Gasteiger partial charge >= 0.3 is 6.09 Å². The highest BCUT2D eigenvalue weighted by Crippen LogP contribution is 2.15. The molecule has 82 valence electrons. The number of rotatable bonds is 4. The maximum atomic E-state index is 10.9. The first-order chi connectivity index (χ1) is 7.24. The minimum atomic E-state index is -0.423. The molecule has 1 aromatic rings. The summed E-state index contributed by atoms with van der Waals surface area (Å²) in [4.78, 5) is 10.9. The Labute approximate surface area is 88.9 Å². The zero-order chi connectivity index (χ0) is 11.1. The fraction of sp³-hybridized carbons (Fsp3) is 0.364. The van der Waals surface area contributed by atoms with Crippen molar-refractivity contribution < 1.29 is 14.6 Å². The van der Waals surface area contributed by atoms with Crippen LogP contribution in [0.25, 0.3) is 0 Å². The van der Waals surface area contributed by atoms with Crippen molar-refractivity contribution in [1.82, 2.24) is 5.32 Å². The second-order valence-corrected chi connectivity index (χ2v) is 3.03. The average molecular weight is 209 g/mol. The molecule has 0 aliphatic rings. The van der Waals surface area contributed by atoms with Crippen molar-refractivity contribution in [3.05, 3.63) is 29.8 Å². The lowest BCUT2D eigenvalue weighted by molar-refractivity contribution is 0.152. The van der Waals surface area contributed by atoms with Crippen LogP contribution in [0, 0.1) is 0 Å². The van der Waals surface area contributed by atoms with Gasteiger partial charge in [-0.25, -0.2) is 4.79 Å². The molecule has 0 aromatic heterocycles. The molecule has 4 nitrogen and oxygen atoms in total. The number of para-hydroxylation sites is 1. The normalized spacial score (nSPS) is 9.67. The number of hydrogen-bond acceptors (Lipinski definition) is 3. The molecule has 0 aliphatic heterocycles. The molecular weight excluding hydrogens is 194 g/mol. The Kier molecular flexibility index (Phi) is 4.47. The standard InChI is InChI=1S/C11H15NO3/c1-2-15-11(14)12-8-7-9-5-3-4-6-10(9)13/h3-6,13H,2,7-8H2,1H3,(H,12,14). The number of phenolic OH excluding ortho intramolecular Hbond substituents is 1. The molecule has 0 radical (unpaired) electrons. The van der Waals surface area contributed by atoms with E-state index in [0.717, 1.165) is 5.56 Å². The smallest absolute Gasteiger partial charge is 0.407 e. The molecule has 0 atom stereocenters. The Morgan fingerprint density at radius 2 is 2.20 bits per heavy atom. The molecular formula is C11H15NO3. The lowest BCUT2D eigenvalue weighted by Gasteiger charge is -2.06. The Balaban J connectivity index is 2.32. The Hall–Kier alpha value is -1.71. The highest BCUT2D eigenvalue weighted by molar-refractivity contribution is 5.67. The van der Waals surface area contributed by atoms with Gasteiger partial charge in [-0.15, -0.1) is 0 Å². The maximum Gasteiger partial charge on any atom is 0.407 e. The highest BCUT2D eigenvalue weighted by Gasteiger charge is 2.02. The Morgan fingerprint density at radius 1 is 1.47 bits per heavy atom. The van der Waals surface area contributed by atoms with Gasteiger partial charge in [-0.1, -0.05) is 18.2 Å². The molecule has 1 aromatic carbocycles. The molecule has 0 heterocycles.